The number of esters is 1. The zero-order valence-electron chi connectivity index (χ0n) is 11.8. The molecule has 0 atom stereocenters. The molecule has 2 aromatic rings. The number of hydrogen-bond donors (Lipinski definition) is 2. The van der Waals surface area contributed by atoms with Gasteiger partial charge in [0.05, 0.1) is 19.2 Å². The molecule has 0 aliphatic rings. The van der Waals surface area contributed by atoms with Gasteiger partial charge in [-0.25, -0.2) is 4.79 Å². The molecule has 4 nitrogen and oxygen atoms in total. The van der Waals surface area contributed by atoms with Crippen LogP contribution in [0.2, 0.25) is 0 Å². The van der Waals surface area contributed by atoms with Gasteiger partial charge in [0.1, 0.15) is 5.00 Å². The molecule has 0 bridgehead atoms. The Morgan fingerprint density at radius 1 is 1.43 bits per heavy atom. The van der Waals surface area contributed by atoms with Crippen LogP contribution in [0.1, 0.15) is 27.0 Å². The van der Waals surface area contributed by atoms with Crippen LogP contribution in [-0.2, 0) is 17.7 Å². The fourth-order valence-corrected chi connectivity index (χ4v) is 3.57. The number of methoxy groups -OCH3 is 1. The Balaban J connectivity index is 2.02. The summed E-state index contributed by atoms with van der Waals surface area (Å²) in [7, 11) is 1.38. The Morgan fingerprint density at radius 2 is 2.24 bits per heavy atom. The molecule has 0 aliphatic carbocycles. The van der Waals surface area contributed by atoms with Gasteiger partial charge in [0, 0.05) is 9.75 Å². The van der Waals surface area contributed by atoms with Crippen molar-refractivity contribution in [2.75, 3.05) is 12.4 Å². The number of hydrogen-bond acceptors (Lipinski definition) is 5. The van der Waals surface area contributed by atoms with Crippen LogP contribution in [0.25, 0.3) is 0 Å². The second-order valence-electron chi connectivity index (χ2n) is 4.19. The minimum Gasteiger partial charge on any atom is -0.465 e. The van der Waals surface area contributed by atoms with Crippen LogP contribution in [0.4, 0.5) is 5.00 Å². The van der Waals surface area contributed by atoms with Crippen molar-refractivity contribution >= 4 is 51.0 Å². The van der Waals surface area contributed by atoms with Gasteiger partial charge in [-0.05, 0) is 36.2 Å². The minimum absolute atomic E-state index is 0.352. The number of ether oxygens (including phenoxy) is 1. The number of aryl methyl sites for hydroxylation is 1. The lowest BCUT2D eigenvalue weighted by Gasteiger charge is -2.09. The van der Waals surface area contributed by atoms with E-state index in [0.29, 0.717) is 17.2 Å². The summed E-state index contributed by atoms with van der Waals surface area (Å²) in [5.41, 5.74) is 0.527. The van der Waals surface area contributed by atoms with Crippen LogP contribution < -0.4 is 10.6 Å². The predicted octanol–water partition coefficient (Wildman–Crippen LogP) is 3.65. The van der Waals surface area contributed by atoms with Gasteiger partial charge < -0.3 is 15.4 Å². The van der Waals surface area contributed by atoms with E-state index < -0.39 is 0 Å². The first-order chi connectivity index (χ1) is 10.1. The normalized spacial score (nSPS) is 10.2. The van der Waals surface area contributed by atoms with Crippen LogP contribution in [0.15, 0.2) is 23.6 Å². The van der Waals surface area contributed by atoms with Crippen molar-refractivity contribution in [2.24, 2.45) is 0 Å². The summed E-state index contributed by atoms with van der Waals surface area (Å²) in [4.78, 5) is 14.1. The molecular formula is C14H16N2O2S3. The maximum Gasteiger partial charge on any atom is 0.340 e. The van der Waals surface area contributed by atoms with E-state index in [9.17, 15) is 4.79 Å². The monoisotopic (exact) mass is 340 g/mol. The number of carbonyl (C=O) groups is 1. The summed E-state index contributed by atoms with van der Waals surface area (Å²) in [6.07, 6.45) is 0.867. The Labute approximate surface area is 137 Å². The molecule has 0 saturated carbocycles. The number of carbonyl (C=O) groups excluding carboxylic acids is 1. The molecule has 0 fully saturated rings. The Bertz CT molecular complexity index is 620. The van der Waals surface area contributed by atoms with E-state index in [2.05, 4.69) is 10.6 Å². The van der Waals surface area contributed by atoms with Crippen molar-refractivity contribution in [3.63, 3.8) is 0 Å². The van der Waals surface area contributed by atoms with Crippen LogP contribution in [0.5, 0.6) is 0 Å². The average Bonchev–Trinajstić information content (AvgIpc) is 3.13. The molecule has 2 heterocycles. The molecular weight excluding hydrogens is 324 g/mol. The molecule has 0 amide bonds. The van der Waals surface area contributed by atoms with Gasteiger partial charge >= 0.3 is 5.97 Å². The van der Waals surface area contributed by atoms with Gasteiger partial charge in [-0.15, -0.1) is 22.7 Å². The van der Waals surface area contributed by atoms with E-state index in [0.717, 1.165) is 16.3 Å². The summed E-state index contributed by atoms with van der Waals surface area (Å²) < 4.78 is 4.80. The third kappa shape index (κ3) is 4.26. The first kappa shape index (κ1) is 15.9. The van der Waals surface area contributed by atoms with Crippen molar-refractivity contribution in [3.05, 3.63) is 38.9 Å². The average molecular weight is 340 g/mol. The summed E-state index contributed by atoms with van der Waals surface area (Å²) >= 11 is 8.46. The van der Waals surface area contributed by atoms with Crippen molar-refractivity contribution in [1.29, 1.82) is 0 Å². The maximum atomic E-state index is 11.8. The number of thiophene rings is 2. The lowest BCUT2D eigenvalue weighted by Crippen LogP contribution is -2.27. The molecule has 21 heavy (non-hydrogen) atoms. The molecule has 0 aromatic carbocycles. The van der Waals surface area contributed by atoms with E-state index in [1.165, 1.54) is 23.3 Å². The second-order valence-corrected chi connectivity index (χ2v) is 6.76. The Hall–Kier alpha value is -1.44. The predicted molar refractivity (Wildman–Crippen MR) is 92.4 cm³/mol. The summed E-state index contributed by atoms with van der Waals surface area (Å²) in [6, 6.07) is 5.89. The van der Waals surface area contributed by atoms with Gasteiger partial charge in [-0.1, -0.05) is 13.0 Å². The fourth-order valence-electron chi connectivity index (χ4n) is 1.70. The van der Waals surface area contributed by atoms with Crippen LogP contribution in [0, 0.1) is 0 Å². The highest BCUT2D eigenvalue weighted by molar-refractivity contribution is 7.80. The van der Waals surface area contributed by atoms with Crippen molar-refractivity contribution in [1.82, 2.24) is 5.32 Å². The second kappa shape index (κ2) is 7.53. The van der Waals surface area contributed by atoms with E-state index in [4.69, 9.17) is 17.0 Å². The molecule has 2 N–H and O–H groups in total. The van der Waals surface area contributed by atoms with Crippen molar-refractivity contribution in [2.45, 2.75) is 19.9 Å². The molecule has 2 rings (SSSR count). The van der Waals surface area contributed by atoms with Gasteiger partial charge in [-0.3, -0.25) is 0 Å². The summed E-state index contributed by atoms with van der Waals surface area (Å²) in [5.74, 6) is -0.352. The minimum atomic E-state index is -0.352. The van der Waals surface area contributed by atoms with Gasteiger partial charge in [0.2, 0.25) is 0 Å². The van der Waals surface area contributed by atoms with Crippen molar-refractivity contribution < 1.29 is 9.53 Å². The Morgan fingerprint density at radius 3 is 2.86 bits per heavy atom. The lowest BCUT2D eigenvalue weighted by atomic mass is 10.2. The van der Waals surface area contributed by atoms with E-state index in [-0.39, 0.29) is 5.97 Å². The smallest absolute Gasteiger partial charge is 0.340 e. The summed E-state index contributed by atoms with van der Waals surface area (Å²) in [6.45, 7) is 2.72. The Kier molecular flexibility index (Phi) is 5.72. The van der Waals surface area contributed by atoms with Gasteiger partial charge in [0.15, 0.2) is 5.11 Å². The number of anilines is 1. The third-order valence-corrected chi connectivity index (χ3v) is 5.08. The molecule has 112 valence electrons. The third-order valence-electron chi connectivity index (χ3n) is 2.77. The van der Waals surface area contributed by atoms with Crippen LogP contribution in [-0.4, -0.2) is 18.2 Å². The maximum absolute atomic E-state index is 11.8. The molecule has 7 heteroatoms. The zero-order valence-corrected chi connectivity index (χ0v) is 14.2. The topological polar surface area (TPSA) is 50.4 Å². The quantitative estimate of drug-likeness (QED) is 0.643. The molecule has 0 unspecified atom stereocenters. The van der Waals surface area contributed by atoms with Gasteiger partial charge in [-0.2, -0.15) is 0 Å². The SMILES string of the molecule is CCc1cc(C(=O)OC)c(NC(=S)NCc2cccs2)s1. The molecule has 2 aromatic heterocycles. The fraction of sp³-hybridized carbons (Fsp3) is 0.286. The van der Waals surface area contributed by atoms with E-state index >= 15 is 0 Å². The number of thiocarbonyl (C=S) groups is 1. The first-order valence-corrected chi connectivity index (χ1v) is 8.52. The van der Waals surface area contributed by atoms with E-state index in [1.807, 2.05) is 30.5 Å². The molecule has 0 spiro atoms. The number of nitrogens with one attached hydrogen (secondary N) is 2. The first-order valence-electron chi connectivity index (χ1n) is 6.42. The lowest BCUT2D eigenvalue weighted by molar-refractivity contribution is 0.0602. The van der Waals surface area contributed by atoms with Crippen molar-refractivity contribution in [3.8, 4) is 0 Å². The molecule has 0 aliphatic heterocycles. The summed E-state index contributed by atoms with van der Waals surface area (Å²) in [5, 5.41) is 9.46. The van der Waals surface area contributed by atoms with Crippen LogP contribution in [0.3, 0.4) is 0 Å². The van der Waals surface area contributed by atoms with E-state index in [1.54, 1.807) is 11.3 Å². The van der Waals surface area contributed by atoms with Gasteiger partial charge in [0.25, 0.3) is 0 Å². The highest BCUT2D eigenvalue weighted by Crippen LogP contribution is 2.29. The molecule has 0 saturated heterocycles. The van der Waals surface area contributed by atoms with Crippen LogP contribution >= 0.6 is 34.9 Å². The molecule has 0 radical (unpaired) electrons. The highest BCUT2D eigenvalue weighted by Gasteiger charge is 2.16. The number of rotatable bonds is 5. The zero-order chi connectivity index (χ0) is 15.2. The largest absolute Gasteiger partial charge is 0.465 e. The highest BCUT2D eigenvalue weighted by atomic mass is 32.1. The standard InChI is InChI=1S/C14H16N2O2S3/c1-3-9-7-11(13(17)18-2)12(21-9)16-14(19)15-8-10-5-4-6-20-10/h4-7H,3,8H2,1-2H3,(H2,15,16,19).